The molecule has 2 aliphatic heterocycles. The van der Waals surface area contributed by atoms with E-state index in [1.165, 1.54) is 17.7 Å². The zero-order chi connectivity index (χ0) is 17.2. The van der Waals surface area contributed by atoms with Crippen LogP contribution in [0.15, 0.2) is 30.5 Å². The molecule has 6 heteroatoms. The van der Waals surface area contributed by atoms with Crippen molar-refractivity contribution in [2.45, 2.75) is 12.8 Å². The summed E-state index contributed by atoms with van der Waals surface area (Å²) in [6.45, 7) is 3.50. The Kier molecular flexibility index (Phi) is 4.44. The van der Waals surface area contributed by atoms with Crippen LogP contribution in [0.4, 0.5) is 9.18 Å². The number of aromatic amines is 1. The summed E-state index contributed by atoms with van der Waals surface area (Å²) in [5, 5.41) is 4.03. The maximum Gasteiger partial charge on any atom is 0.317 e. The Bertz CT molecular complexity index is 808. The third-order valence-corrected chi connectivity index (χ3v) is 5.05. The van der Waals surface area contributed by atoms with E-state index in [1.54, 1.807) is 6.07 Å². The number of hydrogen-bond donors (Lipinski definition) is 2. The molecule has 0 spiro atoms. The van der Waals surface area contributed by atoms with Crippen LogP contribution < -0.4 is 5.32 Å². The topological polar surface area (TPSA) is 57.4 Å². The van der Waals surface area contributed by atoms with Gasteiger partial charge in [-0.15, -0.1) is 0 Å². The van der Waals surface area contributed by atoms with Gasteiger partial charge >= 0.3 is 6.03 Å². The van der Waals surface area contributed by atoms with Crippen molar-refractivity contribution in [1.82, 2.24) is 15.2 Å². The summed E-state index contributed by atoms with van der Waals surface area (Å²) < 4.78 is 18.7. The van der Waals surface area contributed by atoms with Gasteiger partial charge in [0, 0.05) is 54.8 Å². The second kappa shape index (κ2) is 6.88. The van der Waals surface area contributed by atoms with Crippen molar-refractivity contribution in [3.8, 4) is 0 Å². The number of rotatable bonds is 3. The standard InChI is InChI=1S/C19H22FN3O2/c20-15-1-2-16-17(11-21-18(16)9-15)14-3-6-23(7-4-14)19(24)22-10-13-5-8-25-12-13/h1-3,9,11,13,21H,4-8,10,12H2,(H,22,24)/t13-/m1/s1. The first kappa shape index (κ1) is 16.1. The van der Waals surface area contributed by atoms with Gasteiger partial charge in [-0.05, 0) is 36.6 Å². The van der Waals surface area contributed by atoms with Gasteiger partial charge in [0.05, 0.1) is 6.61 Å². The number of amides is 2. The highest BCUT2D eigenvalue weighted by atomic mass is 19.1. The molecule has 25 heavy (non-hydrogen) atoms. The number of hydrogen-bond acceptors (Lipinski definition) is 2. The van der Waals surface area contributed by atoms with Crippen molar-refractivity contribution >= 4 is 22.5 Å². The molecule has 2 aliphatic rings. The molecule has 0 saturated carbocycles. The van der Waals surface area contributed by atoms with E-state index in [2.05, 4.69) is 16.4 Å². The zero-order valence-corrected chi connectivity index (χ0v) is 14.1. The molecular formula is C19H22FN3O2. The first-order valence-electron chi connectivity index (χ1n) is 8.77. The largest absolute Gasteiger partial charge is 0.381 e. The van der Waals surface area contributed by atoms with E-state index in [0.717, 1.165) is 42.5 Å². The Morgan fingerprint density at radius 1 is 1.44 bits per heavy atom. The lowest BCUT2D eigenvalue weighted by atomic mass is 9.99. The number of urea groups is 1. The fourth-order valence-corrected chi connectivity index (χ4v) is 3.55. The molecule has 1 fully saturated rings. The second-order valence-electron chi connectivity index (χ2n) is 6.73. The third kappa shape index (κ3) is 3.39. The fourth-order valence-electron chi connectivity index (χ4n) is 3.55. The van der Waals surface area contributed by atoms with Gasteiger partial charge in [0.1, 0.15) is 5.82 Å². The molecule has 1 saturated heterocycles. The van der Waals surface area contributed by atoms with Gasteiger partial charge < -0.3 is 19.9 Å². The smallest absolute Gasteiger partial charge is 0.317 e. The quantitative estimate of drug-likeness (QED) is 0.899. The number of ether oxygens (including phenoxy) is 1. The van der Waals surface area contributed by atoms with Crippen LogP contribution in [0.1, 0.15) is 18.4 Å². The highest BCUT2D eigenvalue weighted by Gasteiger charge is 2.21. The number of fused-ring (bicyclic) bond motifs is 1. The highest BCUT2D eigenvalue weighted by molar-refractivity contribution is 5.93. The van der Waals surface area contributed by atoms with E-state index in [4.69, 9.17) is 4.74 Å². The second-order valence-corrected chi connectivity index (χ2v) is 6.73. The van der Waals surface area contributed by atoms with Gasteiger partial charge in [0.15, 0.2) is 0 Å². The number of carbonyl (C=O) groups is 1. The summed E-state index contributed by atoms with van der Waals surface area (Å²) >= 11 is 0. The molecular weight excluding hydrogens is 321 g/mol. The maximum atomic E-state index is 13.3. The van der Waals surface area contributed by atoms with Crippen LogP contribution in [-0.2, 0) is 4.74 Å². The lowest BCUT2D eigenvalue weighted by Gasteiger charge is -2.27. The molecule has 1 aromatic heterocycles. The molecule has 0 aliphatic carbocycles. The lowest BCUT2D eigenvalue weighted by molar-refractivity contribution is 0.181. The summed E-state index contributed by atoms with van der Waals surface area (Å²) in [6, 6.07) is 4.79. The predicted octanol–water partition coefficient (Wildman–Crippen LogP) is 3.14. The van der Waals surface area contributed by atoms with Crippen molar-refractivity contribution < 1.29 is 13.9 Å². The van der Waals surface area contributed by atoms with E-state index in [0.29, 0.717) is 25.6 Å². The predicted molar refractivity (Wildman–Crippen MR) is 94.7 cm³/mol. The molecule has 1 atom stereocenters. The summed E-state index contributed by atoms with van der Waals surface area (Å²) in [6.07, 6.45) is 5.83. The minimum Gasteiger partial charge on any atom is -0.381 e. The molecule has 0 bridgehead atoms. The number of aromatic nitrogens is 1. The fraction of sp³-hybridized carbons (Fsp3) is 0.421. The molecule has 1 aromatic carbocycles. The summed E-state index contributed by atoms with van der Waals surface area (Å²) in [5.41, 5.74) is 3.10. The number of nitrogens with one attached hydrogen (secondary N) is 2. The normalized spacial score (nSPS) is 20.8. The SMILES string of the molecule is O=C(NC[C@H]1CCOC1)N1CC=C(c2c[nH]c3cc(F)ccc23)CC1. The van der Waals surface area contributed by atoms with Crippen molar-refractivity contribution in [1.29, 1.82) is 0 Å². The number of benzene rings is 1. The van der Waals surface area contributed by atoms with Gasteiger partial charge in [-0.3, -0.25) is 0 Å². The molecule has 5 nitrogen and oxygen atoms in total. The Morgan fingerprint density at radius 2 is 2.36 bits per heavy atom. The average molecular weight is 343 g/mol. The Morgan fingerprint density at radius 3 is 3.12 bits per heavy atom. The van der Waals surface area contributed by atoms with E-state index in [-0.39, 0.29) is 11.8 Å². The van der Waals surface area contributed by atoms with Crippen LogP contribution in [0.25, 0.3) is 16.5 Å². The van der Waals surface area contributed by atoms with Gasteiger partial charge in [0.25, 0.3) is 0 Å². The van der Waals surface area contributed by atoms with E-state index in [1.807, 2.05) is 11.1 Å². The van der Waals surface area contributed by atoms with Crippen LogP contribution in [0.2, 0.25) is 0 Å². The molecule has 3 heterocycles. The van der Waals surface area contributed by atoms with Crippen LogP contribution in [-0.4, -0.2) is 48.8 Å². The number of halogens is 1. The Balaban J connectivity index is 1.40. The van der Waals surface area contributed by atoms with Gasteiger partial charge in [-0.2, -0.15) is 0 Å². The third-order valence-electron chi connectivity index (χ3n) is 5.05. The van der Waals surface area contributed by atoms with E-state index in [9.17, 15) is 9.18 Å². The van der Waals surface area contributed by atoms with Crippen molar-refractivity contribution in [2.24, 2.45) is 5.92 Å². The van der Waals surface area contributed by atoms with Crippen LogP contribution in [0.5, 0.6) is 0 Å². The van der Waals surface area contributed by atoms with Gasteiger partial charge in [-0.25, -0.2) is 9.18 Å². The molecule has 2 amide bonds. The van der Waals surface area contributed by atoms with Crippen molar-refractivity contribution in [3.63, 3.8) is 0 Å². The Hall–Kier alpha value is -2.34. The molecule has 0 radical (unpaired) electrons. The first-order chi connectivity index (χ1) is 12.2. The molecule has 2 aromatic rings. The number of carbonyl (C=O) groups excluding carboxylic acids is 1. The zero-order valence-electron chi connectivity index (χ0n) is 14.1. The molecule has 132 valence electrons. The average Bonchev–Trinajstić information content (AvgIpc) is 3.29. The van der Waals surface area contributed by atoms with E-state index >= 15 is 0 Å². The van der Waals surface area contributed by atoms with Crippen LogP contribution >= 0.6 is 0 Å². The van der Waals surface area contributed by atoms with Crippen molar-refractivity contribution in [2.75, 3.05) is 32.8 Å². The summed E-state index contributed by atoms with van der Waals surface area (Å²) in [7, 11) is 0. The molecule has 0 unspecified atom stereocenters. The lowest BCUT2D eigenvalue weighted by Crippen LogP contribution is -2.43. The van der Waals surface area contributed by atoms with Crippen LogP contribution in [0, 0.1) is 11.7 Å². The first-order valence-corrected chi connectivity index (χ1v) is 8.77. The minimum absolute atomic E-state index is 0.0109. The van der Waals surface area contributed by atoms with Crippen LogP contribution in [0.3, 0.4) is 0 Å². The minimum atomic E-state index is -0.242. The van der Waals surface area contributed by atoms with Gasteiger partial charge in [-0.1, -0.05) is 6.08 Å². The summed E-state index contributed by atoms with van der Waals surface area (Å²) in [5.74, 6) is 0.195. The molecule has 2 N–H and O–H groups in total. The monoisotopic (exact) mass is 343 g/mol. The van der Waals surface area contributed by atoms with Gasteiger partial charge in [0.2, 0.25) is 0 Å². The Labute approximate surface area is 145 Å². The molecule has 4 rings (SSSR count). The number of H-pyrrole nitrogens is 1. The highest BCUT2D eigenvalue weighted by Crippen LogP contribution is 2.29. The van der Waals surface area contributed by atoms with E-state index < -0.39 is 0 Å². The summed E-state index contributed by atoms with van der Waals surface area (Å²) in [4.78, 5) is 17.2. The van der Waals surface area contributed by atoms with Crippen molar-refractivity contribution in [3.05, 3.63) is 41.9 Å². The maximum absolute atomic E-state index is 13.3. The number of nitrogens with zero attached hydrogens (tertiary/aromatic N) is 1.